The lowest BCUT2D eigenvalue weighted by Crippen LogP contribution is -2.45. The normalized spacial score (nSPS) is 23.5. The molecule has 1 rings (SSSR count). The Morgan fingerprint density at radius 2 is 2.05 bits per heavy atom. The molecule has 0 saturated carbocycles. The summed E-state index contributed by atoms with van der Waals surface area (Å²) < 4.78 is 5.20. The number of carbonyl (C=O) groups excluding carboxylic acids is 2. The molecule has 20 heavy (non-hydrogen) atoms. The van der Waals surface area contributed by atoms with Crippen LogP contribution in [0, 0.1) is 5.92 Å². The number of piperidine rings is 1. The van der Waals surface area contributed by atoms with Gasteiger partial charge in [0.25, 0.3) is 0 Å². The molecule has 1 saturated heterocycles. The van der Waals surface area contributed by atoms with Gasteiger partial charge in [-0.25, -0.2) is 0 Å². The fourth-order valence-electron chi connectivity index (χ4n) is 2.88. The van der Waals surface area contributed by atoms with Crippen LogP contribution in [0.5, 0.6) is 0 Å². The molecule has 0 aromatic heterocycles. The van der Waals surface area contributed by atoms with Crippen LogP contribution < -0.4 is 0 Å². The monoisotopic (exact) mass is 283 g/mol. The maximum atomic E-state index is 11.0. The Morgan fingerprint density at radius 3 is 2.75 bits per heavy atom. The van der Waals surface area contributed by atoms with Gasteiger partial charge in [-0.2, -0.15) is 0 Å². The molecular weight excluding hydrogens is 254 g/mol. The highest BCUT2D eigenvalue weighted by Crippen LogP contribution is 2.23. The van der Waals surface area contributed by atoms with E-state index in [0.29, 0.717) is 19.1 Å². The van der Waals surface area contributed by atoms with E-state index in [1.165, 1.54) is 26.2 Å². The molecule has 0 aliphatic carbocycles. The quantitative estimate of drug-likeness (QED) is 0.371. The smallest absolute Gasteiger partial charge is 0.302 e. The second-order valence-corrected chi connectivity index (χ2v) is 5.99. The fraction of sp³-hybridized carbons (Fsp3) is 0.875. The highest BCUT2D eigenvalue weighted by Gasteiger charge is 2.26. The first-order valence-electron chi connectivity index (χ1n) is 7.94. The maximum Gasteiger partial charge on any atom is 0.302 e. The minimum Gasteiger partial charge on any atom is -0.464 e. The molecule has 0 radical (unpaired) electrons. The number of likely N-dealkylation sites (tertiary alicyclic amines) is 1. The number of ether oxygens (including phenoxy) is 1. The van der Waals surface area contributed by atoms with Gasteiger partial charge in [0.05, 0.1) is 0 Å². The molecule has 2 atom stereocenters. The second-order valence-electron chi connectivity index (χ2n) is 5.99. The molecule has 0 N–H and O–H groups in total. The van der Waals surface area contributed by atoms with E-state index in [0.717, 1.165) is 44.6 Å². The average Bonchev–Trinajstić information content (AvgIpc) is 2.42. The van der Waals surface area contributed by atoms with Gasteiger partial charge in [0.1, 0.15) is 12.9 Å². The van der Waals surface area contributed by atoms with Gasteiger partial charge in [-0.15, -0.1) is 0 Å². The summed E-state index contributed by atoms with van der Waals surface area (Å²) in [5.74, 6) is 0.538. The Bertz CT molecular complexity index is 293. The third-order valence-corrected chi connectivity index (χ3v) is 4.10. The van der Waals surface area contributed by atoms with Crippen molar-refractivity contribution >= 4 is 12.3 Å². The van der Waals surface area contributed by atoms with Crippen LogP contribution in [0.25, 0.3) is 0 Å². The van der Waals surface area contributed by atoms with E-state index in [1.807, 2.05) is 0 Å². The van der Waals surface area contributed by atoms with Crippen LogP contribution in [0.4, 0.5) is 0 Å². The first kappa shape index (κ1) is 17.2. The van der Waals surface area contributed by atoms with Crippen molar-refractivity contribution < 1.29 is 14.3 Å². The van der Waals surface area contributed by atoms with E-state index < -0.39 is 0 Å². The summed E-state index contributed by atoms with van der Waals surface area (Å²) >= 11 is 0. The van der Waals surface area contributed by atoms with Gasteiger partial charge in [0.15, 0.2) is 0 Å². The summed E-state index contributed by atoms with van der Waals surface area (Å²) in [5.41, 5.74) is 0. The fourth-order valence-corrected chi connectivity index (χ4v) is 2.88. The van der Waals surface area contributed by atoms with Crippen LogP contribution in [-0.2, 0) is 14.3 Å². The van der Waals surface area contributed by atoms with E-state index in [9.17, 15) is 9.59 Å². The number of esters is 1. The van der Waals surface area contributed by atoms with E-state index in [2.05, 4.69) is 11.8 Å². The lowest BCUT2D eigenvalue weighted by Gasteiger charge is -2.38. The summed E-state index contributed by atoms with van der Waals surface area (Å²) in [5, 5.41) is 0. The number of hydrogen-bond donors (Lipinski definition) is 0. The van der Waals surface area contributed by atoms with Crippen molar-refractivity contribution in [2.24, 2.45) is 5.92 Å². The molecule has 0 aromatic carbocycles. The van der Waals surface area contributed by atoms with Gasteiger partial charge in [0, 0.05) is 19.4 Å². The Hall–Kier alpha value is -0.900. The molecule has 1 aliphatic rings. The molecule has 1 unspecified atom stereocenters. The van der Waals surface area contributed by atoms with E-state index in [1.54, 1.807) is 0 Å². The number of aldehydes is 1. The lowest BCUT2D eigenvalue weighted by molar-refractivity contribution is -0.143. The zero-order valence-electron chi connectivity index (χ0n) is 13.0. The summed E-state index contributed by atoms with van der Waals surface area (Å²) in [6.45, 7) is 6.48. The number of carbonyl (C=O) groups is 2. The number of unbranched alkanes of at least 4 members (excludes halogenated alkanes) is 4. The SMILES string of the molecule is CC(=O)OCC1C[C@H](C)CCN1CCCCCCC=O. The number of nitrogens with zero attached hydrogens (tertiary/aromatic N) is 1. The predicted octanol–water partition coefficient (Wildman–Crippen LogP) is 2.80. The van der Waals surface area contributed by atoms with Crippen molar-refractivity contribution in [3.63, 3.8) is 0 Å². The van der Waals surface area contributed by atoms with Crippen LogP contribution >= 0.6 is 0 Å². The highest BCUT2D eigenvalue weighted by atomic mass is 16.5. The minimum absolute atomic E-state index is 0.183. The van der Waals surface area contributed by atoms with Gasteiger partial charge in [-0.3, -0.25) is 9.69 Å². The van der Waals surface area contributed by atoms with E-state index in [4.69, 9.17) is 4.74 Å². The molecule has 1 aliphatic heterocycles. The summed E-state index contributed by atoms with van der Waals surface area (Å²) in [7, 11) is 0. The molecule has 1 heterocycles. The van der Waals surface area contributed by atoms with Crippen LogP contribution in [0.1, 0.15) is 58.8 Å². The van der Waals surface area contributed by atoms with Crippen molar-refractivity contribution in [1.82, 2.24) is 4.90 Å². The average molecular weight is 283 g/mol. The van der Waals surface area contributed by atoms with E-state index >= 15 is 0 Å². The predicted molar refractivity (Wildman–Crippen MR) is 79.5 cm³/mol. The van der Waals surface area contributed by atoms with Crippen molar-refractivity contribution in [1.29, 1.82) is 0 Å². The zero-order valence-corrected chi connectivity index (χ0v) is 13.0. The molecule has 0 spiro atoms. The Morgan fingerprint density at radius 1 is 1.30 bits per heavy atom. The Balaban J connectivity index is 2.24. The lowest BCUT2D eigenvalue weighted by atomic mass is 9.92. The van der Waals surface area contributed by atoms with Crippen molar-refractivity contribution in [3.05, 3.63) is 0 Å². The molecule has 4 heteroatoms. The van der Waals surface area contributed by atoms with Gasteiger partial charge >= 0.3 is 5.97 Å². The van der Waals surface area contributed by atoms with Crippen LogP contribution in [-0.4, -0.2) is 42.9 Å². The summed E-state index contributed by atoms with van der Waals surface area (Å²) in [4.78, 5) is 23.7. The molecule has 0 bridgehead atoms. The standard InChI is InChI=1S/C16H29NO3/c1-14-8-10-17(9-6-4-3-5-7-11-18)16(12-14)13-20-15(2)19/h11,14,16H,3-10,12-13H2,1-2H3/t14-,16?/m1/s1. The second kappa shape index (κ2) is 9.92. The molecule has 0 amide bonds. The third-order valence-electron chi connectivity index (χ3n) is 4.10. The Labute approximate surface area is 122 Å². The Kier molecular flexibility index (Phi) is 8.51. The van der Waals surface area contributed by atoms with Crippen LogP contribution in [0.2, 0.25) is 0 Å². The molecule has 116 valence electrons. The maximum absolute atomic E-state index is 11.0. The molecule has 1 fully saturated rings. The summed E-state index contributed by atoms with van der Waals surface area (Å²) in [6, 6.07) is 0.387. The van der Waals surface area contributed by atoms with Crippen molar-refractivity contribution in [2.75, 3.05) is 19.7 Å². The largest absolute Gasteiger partial charge is 0.464 e. The van der Waals surface area contributed by atoms with Gasteiger partial charge in [0.2, 0.25) is 0 Å². The molecule has 0 aromatic rings. The molecule has 4 nitrogen and oxygen atoms in total. The van der Waals surface area contributed by atoms with Crippen molar-refractivity contribution in [3.8, 4) is 0 Å². The van der Waals surface area contributed by atoms with Crippen molar-refractivity contribution in [2.45, 2.75) is 64.8 Å². The van der Waals surface area contributed by atoms with Crippen LogP contribution in [0.15, 0.2) is 0 Å². The minimum atomic E-state index is -0.183. The number of rotatable bonds is 9. The van der Waals surface area contributed by atoms with E-state index in [-0.39, 0.29) is 5.97 Å². The number of hydrogen-bond acceptors (Lipinski definition) is 4. The van der Waals surface area contributed by atoms with Crippen LogP contribution in [0.3, 0.4) is 0 Å². The third kappa shape index (κ3) is 7.04. The topological polar surface area (TPSA) is 46.6 Å². The van der Waals surface area contributed by atoms with Gasteiger partial charge < -0.3 is 9.53 Å². The van der Waals surface area contributed by atoms with Gasteiger partial charge in [-0.05, 0) is 44.7 Å². The first-order valence-corrected chi connectivity index (χ1v) is 7.94. The summed E-state index contributed by atoms with van der Waals surface area (Å²) in [6.07, 6.45) is 8.55. The first-order chi connectivity index (χ1) is 9.63. The highest BCUT2D eigenvalue weighted by molar-refractivity contribution is 5.65. The molecular formula is C16H29NO3. The zero-order chi connectivity index (χ0) is 14.8. The van der Waals surface area contributed by atoms with Gasteiger partial charge in [-0.1, -0.05) is 19.8 Å².